The van der Waals surface area contributed by atoms with E-state index in [4.69, 9.17) is 11.0 Å². The Morgan fingerprint density at radius 1 is 0.628 bits per heavy atom. The number of thiophene rings is 1. The Labute approximate surface area is 251 Å². The van der Waals surface area contributed by atoms with E-state index >= 15 is 0 Å². The number of hydrogen-bond acceptors (Lipinski definition) is 2. The first-order chi connectivity index (χ1) is 21.1. The Morgan fingerprint density at radius 2 is 1.33 bits per heavy atom. The molecule has 202 valence electrons. The minimum Gasteiger partial charge on any atom is -0.465 e. The van der Waals surface area contributed by atoms with Gasteiger partial charge >= 0.3 is 0 Å². The third-order valence-electron chi connectivity index (χ3n) is 8.71. The summed E-state index contributed by atoms with van der Waals surface area (Å²) in [7, 11) is 0. The second-order valence-corrected chi connectivity index (χ2v) is 12.4. The lowest BCUT2D eigenvalue weighted by molar-refractivity contribution is 0.668. The highest BCUT2D eigenvalue weighted by Gasteiger charge is 2.20. The van der Waals surface area contributed by atoms with E-state index in [2.05, 4.69) is 126 Å². The van der Waals surface area contributed by atoms with Crippen LogP contribution in [0.5, 0.6) is 0 Å². The van der Waals surface area contributed by atoms with E-state index in [1.54, 1.807) is 0 Å². The van der Waals surface area contributed by atoms with Crippen molar-refractivity contribution in [3.8, 4) is 16.8 Å². The molecular weight excluding hydrogens is 545 g/mol. The summed E-state index contributed by atoms with van der Waals surface area (Å²) in [6.45, 7) is 12.4. The smallest absolute Gasteiger partial charge is 0.230 e. The van der Waals surface area contributed by atoms with E-state index in [1.807, 2.05) is 17.4 Å². The van der Waals surface area contributed by atoms with Crippen LogP contribution in [0.3, 0.4) is 0 Å². The molecule has 6 aromatic carbocycles. The second kappa shape index (κ2) is 8.82. The number of benzene rings is 6. The molecule has 0 fully saturated rings. The minimum absolute atomic E-state index is 0.529. The average Bonchev–Trinajstić information content (AvgIpc) is 3.70. The molecule has 0 aliphatic carbocycles. The van der Waals surface area contributed by atoms with Gasteiger partial charge in [-0.25, -0.2) is 4.85 Å². The molecule has 0 saturated heterocycles. The molecule has 0 aliphatic rings. The van der Waals surface area contributed by atoms with Crippen LogP contribution in [0.2, 0.25) is 0 Å². The van der Waals surface area contributed by atoms with Gasteiger partial charge in [0.05, 0.1) is 23.3 Å². The van der Waals surface area contributed by atoms with E-state index in [9.17, 15) is 0 Å². The van der Waals surface area contributed by atoms with Crippen LogP contribution in [0.15, 0.2) is 114 Å². The Hall–Kier alpha value is -5.37. The van der Waals surface area contributed by atoms with Crippen LogP contribution < -0.4 is 0 Å². The van der Waals surface area contributed by atoms with Crippen molar-refractivity contribution < 1.29 is 4.42 Å². The number of fused-ring (bicyclic) bond motifs is 9. The van der Waals surface area contributed by atoms with Gasteiger partial charge in [0.25, 0.3) is 0 Å². The molecule has 3 heterocycles. The van der Waals surface area contributed by atoms with E-state index in [0.717, 1.165) is 44.2 Å². The van der Waals surface area contributed by atoms with Gasteiger partial charge in [-0.05, 0) is 73.5 Å². The highest BCUT2D eigenvalue weighted by molar-refractivity contribution is 7.26. The highest BCUT2D eigenvalue weighted by atomic mass is 32.1. The molecule has 0 N–H and O–H groups in total. The van der Waals surface area contributed by atoms with Crippen molar-refractivity contribution in [2.24, 2.45) is 0 Å². The lowest BCUT2D eigenvalue weighted by Gasteiger charge is -2.09. The largest absolute Gasteiger partial charge is 0.465 e. The van der Waals surface area contributed by atoms with Crippen molar-refractivity contribution in [1.29, 1.82) is 0 Å². The predicted octanol–water partition coefficient (Wildman–Crippen LogP) is 11.9. The number of para-hydroxylation sites is 1. The molecule has 0 saturated carbocycles. The van der Waals surface area contributed by atoms with Crippen molar-refractivity contribution >= 4 is 80.9 Å². The quantitative estimate of drug-likeness (QED) is 0.190. The number of aryl methyl sites for hydroxylation is 2. The summed E-state index contributed by atoms with van der Waals surface area (Å²) in [5.74, 6) is 0. The zero-order chi connectivity index (χ0) is 28.8. The second-order valence-electron chi connectivity index (χ2n) is 11.4. The van der Waals surface area contributed by atoms with Crippen LogP contribution in [0.25, 0.3) is 85.6 Å². The van der Waals surface area contributed by atoms with E-state index in [-0.39, 0.29) is 0 Å². The van der Waals surface area contributed by atoms with Crippen molar-refractivity contribution in [3.05, 3.63) is 132 Å². The Kier molecular flexibility index (Phi) is 4.97. The van der Waals surface area contributed by atoms with Crippen molar-refractivity contribution in [2.45, 2.75) is 13.8 Å². The van der Waals surface area contributed by atoms with Crippen LogP contribution in [0.1, 0.15) is 11.1 Å². The molecule has 0 amide bonds. The third-order valence-corrected chi connectivity index (χ3v) is 9.93. The fourth-order valence-corrected chi connectivity index (χ4v) is 8.01. The Balaban J connectivity index is 1.35. The van der Waals surface area contributed by atoms with Gasteiger partial charge in [-0.3, -0.25) is 0 Å². The number of aromatic nitrogens is 1. The molecule has 43 heavy (non-hydrogen) atoms. The minimum atomic E-state index is 0.529. The van der Waals surface area contributed by atoms with Crippen LogP contribution in [-0.4, -0.2) is 4.57 Å². The molecule has 3 aromatic heterocycles. The van der Waals surface area contributed by atoms with Gasteiger partial charge < -0.3 is 8.98 Å². The fourth-order valence-electron chi connectivity index (χ4n) is 6.77. The van der Waals surface area contributed by atoms with Gasteiger partial charge in [0.15, 0.2) is 5.58 Å². The molecule has 0 atom stereocenters. The van der Waals surface area contributed by atoms with Crippen molar-refractivity contribution in [2.75, 3.05) is 0 Å². The first kappa shape index (κ1) is 24.2. The number of nitrogens with zero attached hydrogens (tertiary/aromatic N) is 2. The maximum absolute atomic E-state index is 8.12. The fraction of sp³-hybridized carbons (Fsp3) is 0.0513. The van der Waals surface area contributed by atoms with E-state index in [1.165, 1.54) is 42.1 Å². The molecule has 4 heteroatoms. The molecule has 3 nitrogen and oxygen atoms in total. The van der Waals surface area contributed by atoms with Crippen LogP contribution in [0, 0.1) is 20.4 Å². The molecule has 0 aliphatic heterocycles. The summed E-state index contributed by atoms with van der Waals surface area (Å²) in [5.41, 5.74) is 9.86. The lowest BCUT2D eigenvalue weighted by Crippen LogP contribution is -1.94. The van der Waals surface area contributed by atoms with Gasteiger partial charge in [0.2, 0.25) is 5.69 Å². The van der Waals surface area contributed by atoms with Crippen LogP contribution in [0.4, 0.5) is 5.69 Å². The summed E-state index contributed by atoms with van der Waals surface area (Å²) in [5, 5.41) is 6.95. The first-order valence-corrected chi connectivity index (χ1v) is 15.2. The normalized spacial score (nSPS) is 11.9. The van der Waals surface area contributed by atoms with Crippen LogP contribution in [-0.2, 0) is 0 Å². The monoisotopic (exact) mass is 568 g/mol. The summed E-state index contributed by atoms with van der Waals surface area (Å²) in [6, 6.07) is 38.9. The van der Waals surface area contributed by atoms with Crippen LogP contribution >= 0.6 is 11.3 Å². The van der Waals surface area contributed by atoms with Crippen molar-refractivity contribution in [3.63, 3.8) is 0 Å². The zero-order valence-electron chi connectivity index (χ0n) is 23.6. The lowest BCUT2D eigenvalue weighted by atomic mass is 9.99. The molecule has 9 aromatic rings. The van der Waals surface area contributed by atoms with Crippen molar-refractivity contribution in [1.82, 2.24) is 4.57 Å². The molecule has 0 radical (unpaired) electrons. The average molecular weight is 569 g/mol. The van der Waals surface area contributed by atoms with Gasteiger partial charge in [-0.15, -0.1) is 11.3 Å². The zero-order valence-corrected chi connectivity index (χ0v) is 24.4. The standard InChI is InChI=1S/C39H24N2OS/c1-22-14-16-33-29(18-22)30-19-23(2)15-17-34(30)41(33)35-12-7-10-27-31-20-24(21-32(40-3)37(31)42-38(27)35)25-9-6-11-28-26-8-4-5-13-36(26)43-39(25)28/h4-21H,1-2H3. The Morgan fingerprint density at radius 3 is 2.09 bits per heavy atom. The molecule has 9 rings (SSSR count). The summed E-state index contributed by atoms with van der Waals surface area (Å²) in [6.07, 6.45) is 0. The molecular formula is C39H24N2OS. The summed E-state index contributed by atoms with van der Waals surface area (Å²) < 4.78 is 11.5. The molecule has 0 spiro atoms. The third kappa shape index (κ3) is 3.40. The summed E-state index contributed by atoms with van der Waals surface area (Å²) >= 11 is 1.81. The summed E-state index contributed by atoms with van der Waals surface area (Å²) in [4.78, 5) is 3.97. The number of rotatable bonds is 2. The predicted molar refractivity (Wildman–Crippen MR) is 182 cm³/mol. The maximum Gasteiger partial charge on any atom is 0.230 e. The maximum atomic E-state index is 8.12. The highest BCUT2D eigenvalue weighted by Crippen LogP contribution is 2.45. The topological polar surface area (TPSA) is 22.4 Å². The number of hydrogen-bond donors (Lipinski definition) is 0. The molecule has 0 unspecified atom stereocenters. The van der Waals surface area contributed by atoms with Gasteiger partial charge in [0, 0.05) is 41.7 Å². The van der Waals surface area contributed by atoms with Gasteiger partial charge in [-0.2, -0.15) is 0 Å². The SMILES string of the molecule is [C-]#[N+]c1cc(-c2cccc3c2sc2ccccc23)cc2c1oc1c(-n3c4ccc(C)cc4c4cc(C)ccc43)cccc12. The first-order valence-electron chi connectivity index (χ1n) is 14.4. The molecule has 0 bridgehead atoms. The van der Waals surface area contributed by atoms with Gasteiger partial charge in [-0.1, -0.05) is 71.8 Å². The number of furan rings is 1. The Bertz CT molecular complexity index is 2600. The van der Waals surface area contributed by atoms with E-state index in [0.29, 0.717) is 11.3 Å². The van der Waals surface area contributed by atoms with Gasteiger partial charge in [0.1, 0.15) is 5.58 Å². The van der Waals surface area contributed by atoms with E-state index < -0.39 is 0 Å².